The number of hydrogen-bond donors (Lipinski definition) is 20. The predicted octanol–water partition coefficient (Wildman–Crippen LogP) is -11.4. The fourth-order valence-electron chi connectivity index (χ4n) is 12.2. The fourth-order valence-corrected chi connectivity index (χ4v) is 12.2. The van der Waals surface area contributed by atoms with Crippen LogP contribution in [0.2, 0.25) is 0 Å². The minimum absolute atomic E-state index is 0. The summed E-state index contributed by atoms with van der Waals surface area (Å²) in [7, 11) is 2.89. The van der Waals surface area contributed by atoms with Crippen molar-refractivity contribution in [3.63, 3.8) is 0 Å². The van der Waals surface area contributed by atoms with Gasteiger partial charge in [0.1, 0.15) is 73.1 Å². The second-order valence-corrected chi connectivity index (χ2v) is 26.5. The molecule has 0 aromatic carbocycles. The molecule has 0 spiro atoms. The van der Waals surface area contributed by atoms with E-state index in [1.165, 1.54) is 33.6 Å². The molecule has 7 fully saturated rings. The standard InChI is InChI=1S/C20H39N3O8.C19H37N3O8.C16H30N2O8.C4H8.CH4N2O2.2CH4.Na.H2O/c1-9(21)6-23(5)16-11(3)29-14(8-25)19(18(16)28)31-20-15(22-12(4)26)17(27)10(2)13(7-24)30-20;1-8(20)5-21-14-10(3)28-13(7-24)18(17(14)27)30-19-15(22-11(4)25)16(26)9(2)12(6-23)29-19;1-6-9(4-19)25-16(12(13(6)22)18-8(3)21)26-15-10(5-20)24-7(2)11(17)14(15)23;1-4-2-3-4;1-3(5)2-4;;;;/h9-11,13-20,24-25,27-28H,6-8,21H2,1-5H3,(H,22,26);8-10,12-19,21,23-24,26-27H,5-7,20H2,1-4H3,(H,22,25);6-7,9-16,19-20,22-23H,4-5,17H2,1-3H3,(H,18,21);4H,2-3H2,1H3;2H,1H3;2*1H4;;1H2/q;;;;;;;+1;/p+1/b;;;;3-2-;;;;/t9?,10-,11-,13?,14?,15?,16?,17-,18+,19+,20-;8?,9-,10-,12?,13?,14?,15?,16-,17+,18+,19-;6-,7-,9?,10?,11?,12?,13-,14+,15+,16-;;;;;;/m000....../s1. The number of hydrogen-bond acceptors (Lipinski definition) is 31. The van der Waals surface area contributed by atoms with Crippen molar-refractivity contribution in [2.24, 2.45) is 40.9 Å². The van der Waals surface area contributed by atoms with E-state index in [4.69, 9.17) is 65.0 Å². The molecule has 0 bridgehead atoms. The Morgan fingerprint density at radius 2 is 0.850 bits per heavy atom. The Kier molecular flexibility index (Phi) is 47.8. The minimum Gasteiger partial charge on any atom is -0.569 e. The van der Waals surface area contributed by atoms with Crippen LogP contribution in [0.15, 0.2) is 0 Å². The summed E-state index contributed by atoms with van der Waals surface area (Å²) in [4.78, 5) is 36.8. The first-order valence-electron chi connectivity index (χ1n) is 32.9. The van der Waals surface area contributed by atoms with Gasteiger partial charge in [-0.05, 0) is 47.6 Å². The van der Waals surface area contributed by atoms with E-state index in [0.29, 0.717) is 13.1 Å². The number of nitrogens with two attached hydrogens (primary N) is 3. The van der Waals surface area contributed by atoms with Crippen LogP contribution in [0, 0.1) is 34.1 Å². The Morgan fingerprint density at radius 1 is 0.550 bits per heavy atom. The Morgan fingerprint density at radius 3 is 1.13 bits per heavy atom. The fraction of sp³-hybridized carbons (Fsp3) is 0.952. The van der Waals surface area contributed by atoms with E-state index in [1.54, 1.807) is 41.5 Å². The number of rotatable bonds is 21. The van der Waals surface area contributed by atoms with E-state index < -0.39 is 220 Å². The van der Waals surface area contributed by atoms with Gasteiger partial charge in [0.05, 0.1) is 113 Å². The average molecular weight is 1470 g/mol. The smallest absolute Gasteiger partial charge is 0.569 e. The first kappa shape index (κ1) is 99.6. The molecular weight excluding hydrogens is 1340 g/mol. The predicted molar refractivity (Wildman–Crippen MR) is 356 cm³/mol. The molecule has 588 valence electrons. The molecule has 100 heavy (non-hydrogen) atoms. The van der Waals surface area contributed by atoms with E-state index in [9.17, 15) is 80.9 Å². The maximum absolute atomic E-state index is 11.7. The Hall–Kier alpha value is -2.47. The number of nitrogens with one attached hydrogen (secondary N) is 5. The van der Waals surface area contributed by atoms with E-state index in [1.807, 2.05) is 25.8 Å². The number of aliphatic hydroxyl groups is 12. The normalized spacial score (nSPS) is 39.9. The molecule has 14 unspecified atom stereocenters. The third-order valence-electron chi connectivity index (χ3n) is 18.0. The summed E-state index contributed by atoms with van der Waals surface area (Å²) in [6.07, 6.45) is -16.1. The van der Waals surface area contributed by atoms with Gasteiger partial charge in [0.25, 0.3) is 0 Å². The van der Waals surface area contributed by atoms with Crippen LogP contribution in [0.25, 0.3) is 0 Å². The first-order valence-corrected chi connectivity index (χ1v) is 32.9. The third kappa shape index (κ3) is 29.0. The number of likely N-dealkylation sites (N-methyl/N-ethyl adjacent to an activating group) is 1. The molecule has 32 atom stereocenters. The topological polar surface area (TPSA) is 601 Å². The molecule has 1 aliphatic carbocycles. The molecule has 25 N–H and O–H groups in total. The SMILES string of the molecule is C.C.C/[N+]([O-])=[NH+]/[O-].CC(=O)NC1[C@H](O[C@@H]2C(CO)O[C@@H](C)C(N(C)CC(C)N)[C@H]2O)OC(CO)[C@H](C)[C@@H]1O.CC(=O)NC1[C@H](O[C@@H]2C(CO)O[C@@H](C)C(N)[C@H]2O)OC(CO)[C@H](C)[C@@H]1O.CC(=O)NC1[C@H](O[C@@H]2C(CO)O[C@@H](C)C(NCC(C)N)[C@H]2O)OC(CO)[C@H](C)[C@@H]1O.CC1CC1.O.[H+].[Na+]. The van der Waals surface area contributed by atoms with E-state index in [0.717, 1.165) is 18.2 Å². The molecule has 0 aromatic heterocycles. The zero-order valence-electron chi connectivity index (χ0n) is 60.3. The van der Waals surface area contributed by atoms with E-state index in [2.05, 4.69) is 28.2 Å². The monoisotopic (exact) mass is 1470 g/mol. The van der Waals surface area contributed by atoms with Gasteiger partial charge in [-0.15, -0.1) is 0 Å². The second-order valence-electron chi connectivity index (χ2n) is 26.5. The number of carbonyl (C=O) groups excluding carboxylic acids is 3. The van der Waals surface area contributed by atoms with Crippen molar-refractivity contribution in [2.45, 2.75) is 288 Å². The summed E-state index contributed by atoms with van der Waals surface area (Å²) < 4.78 is 52.5. The minimum atomic E-state index is -1.17. The van der Waals surface area contributed by atoms with Gasteiger partial charge in [0.15, 0.2) is 18.9 Å². The average Bonchev–Trinajstić information content (AvgIpc) is 1.78. The Bertz CT molecular complexity index is 2300. The molecule has 37 nitrogen and oxygen atoms in total. The Balaban J connectivity index is -0.00000131. The van der Waals surface area contributed by atoms with Gasteiger partial charge in [0.2, 0.25) is 24.8 Å². The maximum atomic E-state index is 11.7. The van der Waals surface area contributed by atoms with Crippen LogP contribution in [0.1, 0.15) is 112 Å². The number of nitrogens with zero attached hydrogens (tertiary/aromatic N) is 2. The molecule has 6 aliphatic heterocycles. The number of hydroxylamine groups is 1. The van der Waals surface area contributed by atoms with Gasteiger partial charge in [-0.25, -0.2) is 0 Å². The second kappa shape index (κ2) is 48.0. The number of carbonyl (C=O) groups is 3. The van der Waals surface area contributed by atoms with Gasteiger partial charge in [-0.3, -0.25) is 19.3 Å². The van der Waals surface area contributed by atoms with Crippen LogP contribution in [0.5, 0.6) is 0 Å². The van der Waals surface area contributed by atoms with E-state index >= 15 is 0 Å². The van der Waals surface area contributed by atoms with Crippen molar-refractivity contribution in [3.8, 4) is 0 Å². The zero-order chi connectivity index (χ0) is 72.9. The molecular formula is C62H129N10NaO27+2. The van der Waals surface area contributed by atoms with Gasteiger partial charge in [0, 0.05) is 73.8 Å². The molecule has 7 rings (SSSR count). The Labute approximate surface area is 612 Å². The number of ether oxygens (including phenoxy) is 9. The summed E-state index contributed by atoms with van der Waals surface area (Å²) in [6, 6.07) is -4.80. The van der Waals surface area contributed by atoms with Crippen LogP contribution < -0.4 is 73.3 Å². The largest absolute Gasteiger partial charge is 1.00 e. The zero-order valence-corrected chi connectivity index (χ0v) is 61.3. The van der Waals surface area contributed by atoms with Gasteiger partial charge in [-0.1, -0.05) is 55.4 Å². The summed E-state index contributed by atoms with van der Waals surface area (Å²) >= 11 is 0. The summed E-state index contributed by atoms with van der Waals surface area (Å²) in [5, 5.41) is 153. The van der Waals surface area contributed by atoms with Crippen LogP contribution in [-0.4, -0.2) is 338 Å². The van der Waals surface area contributed by atoms with Gasteiger partial charge < -0.3 is 158 Å². The molecule has 1 saturated carbocycles. The van der Waals surface area contributed by atoms with Crippen molar-refractivity contribution in [1.82, 2.24) is 26.2 Å². The van der Waals surface area contributed by atoms with Crippen molar-refractivity contribution in [2.75, 3.05) is 66.8 Å². The number of aliphatic hydroxyl groups excluding tert-OH is 12. The van der Waals surface area contributed by atoms with Crippen molar-refractivity contribution >= 4 is 17.7 Å². The third-order valence-corrected chi connectivity index (χ3v) is 18.0. The van der Waals surface area contributed by atoms with E-state index in [-0.39, 0.29) is 88.1 Å². The number of amides is 3. The molecule has 7 aliphatic rings. The van der Waals surface area contributed by atoms with Crippen LogP contribution in [0.4, 0.5) is 0 Å². The van der Waals surface area contributed by atoms with Gasteiger partial charge in [-0.2, -0.15) is 0 Å². The quantitative estimate of drug-likeness (QED) is 0.0220. The van der Waals surface area contributed by atoms with Crippen molar-refractivity contribution < 1.29 is 165 Å². The molecule has 38 heteroatoms. The van der Waals surface area contributed by atoms with Crippen molar-refractivity contribution in [1.29, 1.82) is 0 Å². The molecule has 3 amide bonds. The molecule has 0 radical (unpaired) electrons. The molecule has 6 heterocycles. The first-order chi connectivity index (χ1) is 45.0. The van der Waals surface area contributed by atoms with Crippen molar-refractivity contribution in [3.05, 3.63) is 10.4 Å². The van der Waals surface area contributed by atoms with Crippen LogP contribution in [-0.2, 0) is 57.0 Å². The molecule has 6 saturated heterocycles. The summed E-state index contributed by atoms with van der Waals surface area (Å²) in [5.74, 6) is -1.49. The van der Waals surface area contributed by atoms with Gasteiger partial charge >= 0.3 is 31.0 Å². The van der Waals surface area contributed by atoms with Crippen LogP contribution >= 0.6 is 0 Å². The maximum Gasteiger partial charge on any atom is 1.00 e. The van der Waals surface area contributed by atoms with Crippen LogP contribution in [0.3, 0.4) is 0 Å². The molecule has 0 aromatic rings. The summed E-state index contributed by atoms with van der Waals surface area (Å²) in [5.41, 5.74) is 17.6. The summed E-state index contributed by atoms with van der Waals surface area (Å²) in [6.45, 7) is 18.8.